The molecule has 0 bridgehead atoms. The summed E-state index contributed by atoms with van der Waals surface area (Å²) >= 11 is 0. The Morgan fingerprint density at radius 3 is 2.55 bits per heavy atom. The van der Waals surface area contributed by atoms with E-state index in [4.69, 9.17) is 0 Å². The zero-order valence-corrected chi connectivity index (χ0v) is 12.0. The molecule has 110 valence electrons. The van der Waals surface area contributed by atoms with E-state index in [1.807, 2.05) is 4.90 Å². The van der Waals surface area contributed by atoms with Crippen LogP contribution < -0.4 is 15.5 Å². The van der Waals surface area contributed by atoms with Crippen LogP contribution in [-0.4, -0.2) is 42.2 Å². The van der Waals surface area contributed by atoms with E-state index in [-0.39, 0.29) is 17.9 Å². The summed E-state index contributed by atoms with van der Waals surface area (Å²) in [5.74, 6) is 0.589. The van der Waals surface area contributed by atoms with E-state index in [0.717, 1.165) is 12.8 Å². The van der Waals surface area contributed by atoms with Gasteiger partial charge in [0.15, 0.2) is 11.6 Å². The highest BCUT2D eigenvalue weighted by Crippen LogP contribution is 2.22. The standard InChI is InChI=1S/C13H20FN5O/c1-8-11(14)12(17-9(2)16-8)19-6-4-10(5-7-19)18-13(20)15-3/h10H,4-7H2,1-3H3,(H2,15,18,20). The fourth-order valence-corrected chi connectivity index (χ4v) is 2.38. The normalized spacial score (nSPS) is 16.1. The van der Waals surface area contributed by atoms with E-state index >= 15 is 0 Å². The quantitative estimate of drug-likeness (QED) is 0.852. The van der Waals surface area contributed by atoms with Gasteiger partial charge >= 0.3 is 6.03 Å². The Morgan fingerprint density at radius 2 is 1.95 bits per heavy atom. The summed E-state index contributed by atoms with van der Waals surface area (Å²) in [6.45, 7) is 4.74. The van der Waals surface area contributed by atoms with Gasteiger partial charge in [0.25, 0.3) is 0 Å². The summed E-state index contributed by atoms with van der Waals surface area (Å²) in [6.07, 6.45) is 1.55. The molecule has 6 nitrogen and oxygen atoms in total. The van der Waals surface area contributed by atoms with Crippen LogP contribution in [0.2, 0.25) is 0 Å². The van der Waals surface area contributed by atoms with Crippen LogP contribution in [0.5, 0.6) is 0 Å². The Hall–Kier alpha value is -1.92. The number of nitrogens with one attached hydrogen (secondary N) is 2. The molecule has 0 radical (unpaired) electrons. The first-order chi connectivity index (χ1) is 9.51. The molecule has 7 heteroatoms. The predicted molar refractivity (Wildman–Crippen MR) is 74.3 cm³/mol. The molecule has 0 aliphatic carbocycles. The zero-order valence-electron chi connectivity index (χ0n) is 12.0. The third-order valence-electron chi connectivity index (χ3n) is 3.47. The Labute approximate surface area is 117 Å². The highest BCUT2D eigenvalue weighted by molar-refractivity contribution is 5.73. The van der Waals surface area contributed by atoms with Crippen LogP contribution in [0.1, 0.15) is 24.4 Å². The maximum absolute atomic E-state index is 14.1. The summed E-state index contributed by atoms with van der Waals surface area (Å²) in [6, 6.07) is -0.0540. The van der Waals surface area contributed by atoms with Crippen LogP contribution in [0, 0.1) is 19.7 Å². The van der Waals surface area contributed by atoms with E-state index in [0.29, 0.717) is 30.4 Å². The molecule has 1 fully saturated rings. The number of anilines is 1. The Morgan fingerprint density at radius 1 is 1.30 bits per heavy atom. The maximum atomic E-state index is 14.1. The molecule has 0 saturated carbocycles. The number of carbonyl (C=O) groups is 1. The van der Waals surface area contributed by atoms with Gasteiger partial charge in [-0.15, -0.1) is 0 Å². The van der Waals surface area contributed by atoms with Crippen molar-refractivity contribution in [1.82, 2.24) is 20.6 Å². The first-order valence-electron chi connectivity index (χ1n) is 6.75. The number of hydrogen-bond donors (Lipinski definition) is 2. The Kier molecular flexibility index (Phi) is 4.36. The van der Waals surface area contributed by atoms with Crippen molar-refractivity contribution >= 4 is 11.8 Å². The molecule has 0 unspecified atom stereocenters. The number of piperidine rings is 1. The van der Waals surface area contributed by atoms with Gasteiger partial charge in [0, 0.05) is 26.2 Å². The van der Waals surface area contributed by atoms with Gasteiger partial charge in [0.2, 0.25) is 0 Å². The molecule has 2 amide bonds. The number of halogens is 1. The van der Waals surface area contributed by atoms with Crippen LogP contribution in [0.3, 0.4) is 0 Å². The van der Waals surface area contributed by atoms with Crippen molar-refractivity contribution in [2.75, 3.05) is 25.0 Å². The van der Waals surface area contributed by atoms with E-state index < -0.39 is 0 Å². The second kappa shape index (κ2) is 6.02. The van der Waals surface area contributed by atoms with Crippen molar-refractivity contribution in [3.63, 3.8) is 0 Å². The maximum Gasteiger partial charge on any atom is 0.314 e. The molecule has 0 aromatic carbocycles. The first kappa shape index (κ1) is 14.5. The average Bonchev–Trinajstić information content (AvgIpc) is 2.43. The smallest absolute Gasteiger partial charge is 0.314 e. The number of carbonyl (C=O) groups excluding carboxylic acids is 1. The third-order valence-corrected chi connectivity index (χ3v) is 3.47. The molecule has 0 atom stereocenters. The lowest BCUT2D eigenvalue weighted by atomic mass is 10.1. The molecule has 1 aromatic heterocycles. The van der Waals surface area contributed by atoms with Gasteiger partial charge in [-0.3, -0.25) is 0 Å². The Bertz CT molecular complexity index is 500. The summed E-state index contributed by atoms with van der Waals surface area (Å²) in [7, 11) is 1.59. The SMILES string of the molecule is CNC(=O)NC1CCN(c2nc(C)nc(C)c2F)CC1. The van der Waals surface area contributed by atoms with Crippen LogP contribution in [-0.2, 0) is 0 Å². The van der Waals surface area contributed by atoms with Crippen LogP contribution in [0.15, 0.2) is 0 Å². The van der Waals surface area contributed by atoms with Crippen molar-refractivity contribution in [1.29, 1.82) is 0 Å². The van der Waals surface area contributed by atoms with Gasteiger partial charge < -0.3 is 15.5 Å². The molecular weight excluding hydrogens is 261 g/mol. The second-order valence-electron chi connectivity index (χ2n) is 4.98. The average molecular weight is 281 g/mol. The van der Waals surface area contributed by atoms with Crippen LogP contribution in [0.25, 0.3) is 0 Å². The molecule has 1 saturated heterocycles. The number of hydrogen-bond acceptors (Lipinski definition) is 4. The summed E-state index contributed by atoms with van der Waals surface area (Å²) in [5.41, 5.74) is 0.373. The number of aryl methyl sites for hydroxylation is 2. The van der Waals surface area contributed by atoms with Gasteiger partial charge in [0.1, 0.15) is 5.82 Å². The molecule has 1 aliphatic heterocycles. The van der Waals surface area contributed by atoms with E-state index in [2.05, 4.69) is 20.6 Å². The summed E-state index contributed by atoms with van der Waals surface area (Å²) in [4.78, 5) is 21.4. The van der Waals surface area contributed by atoms with Gasteiger partial charge in [-0.05, 0) is 26.7 Å². The molecule has 2 N–H and O–H groups in total. The zero-order chi connectivity index (χ0) is 14.7. The molecule has 1 aliphatic rings. The van der Waals surface area contributed by atoms with Crippen LogP contribution in [0.4, 0.5) is 15.0 Å². The van der Waals surface area contributed by atoms with Crippen LogP contribution >= 0.6 is 0 Å². The third kappa shape index (κ3) is 3.15. The monoisotopic (exact) mass is 281 g/mol. The lowest BCUT2D eigenvalue weighted by Crippen LogP contribution is -2.47. The van der Waals surface area contributed by atoms with Crippen molar-refractivity contribution in [3.05, 3.63) is 17.3 Å². The molecule has 20 heavy (non-hydrogen) atoms. The minimum Gasteiger partial charge on any atom is -0.354 e. The van der Waals surface area contributed by atoms with Crippen molar-refractivity contribution < 1.29 is 9.18 Å². The van der Waals surface area contributed by atoms with E-state index in [1.54, 1.807) is 20.9 Å². The van der Waals surface area contributed by atoms with Crippen molar-refractivity contribution in [2.24, 2.45) is 0 Å². The van der Waals surface area contributed by atoms with Crippen molar-refractivity contribution in [3.8, 4) is 0 Å². The molecule has 2 heterocycles. The number of aromatic nitrogens is 2. The fraction of sp³-hybridized carbons (Fsp3) is 0.615. The largest absolute Gasteiger partial charge is 0.354 e. The van der Waals surface area contributed by atoms with Gasteiger partial charge in [0.05, 0.1) is 5.69 Å². The predicted octanol–water partition coefficient (Wildman–Crippen LogP) is 1.13. The first-order valence-corrected chi connectivity index (χ1v) is 6.75. The highest BCUT2D eigenvalue weighted by Gasteiger charge is 2.24. The van der Waals surface area contributed by atoms with Crippen molar-refractivity contribution in [2.45, 2.75) is 32.7 Å². The number of nitrogens with zero attached hydrogens (tertiary/aromatic N) is 3. The number of urea groups is 1. The summed E-state index contributed by atoms with van der Waals surface area (Å²) in [5, 5.41) is 5.41. The number of amides is 2. The minimum atomic E-state index is -0.353. The second-order valence-corrected chi connectivity index (χ2v) is 4.98. The van der Waals surface area contributed by atoms with Gasteiger partial charge in [-0.25, -0.2) is 19.2 Å². The number of rotatable bonds is 2. The highest BCUT2D eigenvalue weighted by atomic mass is 19.1. The van der Waals surface area contributed by atoms with Gasteiger partial charge in [-0.2, -0.15) is 0 Å². The fourth-order valence-electron chi connectivity index (χ4n) is 2.38. The van der Waals surface area contributed by atoms with E-state index in [1.165, 1.54) is 0 Å². The minimum absolute atomic E-state index is 0.123. The topological polar surface area (TPSA) is 70.2 Å². The molecular formula is C13H20FN5O. The lowest BCUT2D eigenvalue weighted by Gasteiger charge is -2.33. The Balaban J connectivity index is 2.02. The molecule has 2 rings (SSSR count). The summed E-state index contributed by atoms with van der Waals surface area (Å²) < 4.78 is 14.1. The van der Waals surface area contributed by atoms with Gasteiger partial charge in [-0.1, -0.05) is 0 Å². The van der Waals surface area contributed by atoms with E-state index in [9.17, 15) is 9.18 Å². The lowest BCUT2D eigenvalue weighted by molar-refractivity contribution is 0.236. The molecule has 0 spiro atoms. The molecule has 1 aromatic rings.